The van der Waals surface area contributed by atoms with Crippen molar-refractivity contribution < 1.29 is 0 Å². The molecule has 4 rings (SSSR count). The van der Waals surface area contributed by atoms with Gasteiger partial charge < -0.3 is 11.7 Å². The Balaban J connectivity index is 1.68. The van der Waals surface area contributed by atoms with Crippen molar-refractivity contribution in [3.05, 3.63) is 11.6 Å². The summed E-state index contributed by atoms with van der Waals surface area (Å²) in [7, 11) is 0. The van der Waals surface area contributed by atoms with Crippen LogP contribution in [-0.4, -0.2) is 11.4 Å². The summed E-state index contributed by atoms with van der Waals surface area (Å²) in [4.78, 5) is 0. The molecule has 23 heavy (non-hydrogen) atoms. The van der Waals surface area contributed by atoms with E-state index in [-0.39, 0.29) is 5.41 Å². The predicted molar refractivity (Wildman–Crippen MR) is 94.9 cm³/mol. The molecule has 4 aliphatic carbocycles. The van der Waals surface area contributed by atoms with Gasteiger partial charge in [0.05, 0.1) is 5.71 Å². The van der Waals surface area contributed by atoms with E-state index in [2.05, 4.69) is 30.1 Å². The lowest BCUT2D eigenvalue weighted by atomic mass is 9.47. The Morgan fingerprint density at radius 2 is 1.70 bits per heavy atom. The van der Waals surface area contributed by atoms with Crippen molar-refractivity contribution in [1.29, 1.82) is 0 Å². The Kier molecular flexibility index (Phi) is 3.37. The van der Waals surface area contributed by atoms with Crippen LogP contribution in [-0.2, 0) is 0 Å². The smallest absolute Gasteiger partial charge is 0.0600 e. The largest absolute Gasteiger partial charge is 0.323 e. The van der Waals surface area contributed by atoms with Crippen molar-refractivity contribution in [3.63, 3.8) is 0 Å². The van der Waals surface area contributed by atoms with Crippen molar-refractivity contribution in [3.8, 4) is 0 Å². The van der Waals surface area contributed by atoms with E-state index in [9.17, 15) is 0 Å². The second kappa shape index (κ2) is 5.09. The molecule has 0 aromatic carbocycles. The molecule has 0 aromatic rings. The zero-order valence-corrected chi connectivity index (χ0v) is 14.5. The first kappa shape index (κ1) is 15.2. The third kappa shape index (κ3) is 1.96. The highest BCUT2D eigenvalue weighted by atomic mass is 15.1. The Morgan fingerprint density at radius 1 is 0.913 bits per heavy atom. The van der Waals surface area contributed by atoms with E-state index < -0.39 is 0 Å². The maximum Gasteiger partial charge on any atom is 0.0600 e. The van der Waals surface area contributed by atoms with Gasteiger partial charge in [-0.15, -0.1) is 0 Å². The maximum atomic E-state index is 5.71. The van der Waals surface area contributed by atoms with E-state index in [0.29, 0.717) is 5.41 Å². The lowest BCUT2D eigenvalue weighted by molar-refractivity contribution is -0.0154. The average molecular weight is 314 g/mol. The molecule has 4 nitrogen and oxygen atoms in total. The number of nitrogens with zero attached hydrogens (tertiary/aromatic N) is 2. The molecule has 0 saturated heterocycles. The SMILES string of the molecule is CC12CC/C(=N/N)C=C1CCC1C2CCC2(C)/C(=N\N)CCC12. The van der Waals surface area contributed by atoms with E-state index in [1.165, 1.54) is 44.2 Å². The molecule has 4 N–H and O–H groups in total. The van der Waals surface area contributed by atoms with Crippen molar-refractivity contribution in [2.45, 2.75) is 65.2 Å². The van der Waals surface area contributed by atoms with Gasteiger partial charge in [0.1, 0.15) is 0 Å². The van der Waals surface area contributed by atoms with Gasteiger partial charge in [-0.1, -0.05) is 19.4 Å². The summed E-state index contributed by atoms with van der Waals surface area (Å²) in [6, 6.07) is 0. The van der Waals surface area contributed by atoms with Gasteiger partial charge in [0.2, 0.25) is 0 Å². The minimum Gasteiger partial charge on any atom is -0.323 e. The number of rotatable bonds is 0. The van der Waals surface area contributed by atoms with Gasteiger partial charge >= 0.3 is 0 Å². The first-order valence-corrected chi connectivity index (χ1v) is 9.28. The molecular formula is C19H30N4. The van der Waals surface area contributed by atoms with E-state index in [0.717, 1.165) is 36.3 Å². The highest BCUT2D eigenvalue weighted by molar-refractivity contribution is 5.96. The molecule has 5 unspecified atom stereocenters. The number of hydrazone groups is 2. The molecule has 4 heteroatoms. The van der Waals surface area contributed by atoms with Crippen LogP contribution < -0.4 is 11.7 Å². The van der Waals surface area contributed by atoms with Gasteiger partial charge in [0.15, 0.2) is 0 Å². The first-order valence-electron chi connectivity index (χ1n) is 9.28. The van der Waals surface area contributed by atoms with Crippen molar-refractivity contribution in [2.24, 2.45) is 50.5 Å². The number of fused-ring (bicyclic) bond motifs is 5. The molecule has 0 amide bonds. The van der Waals surface area contributed by atoms with Crippen LogP contribution in [0.25, 0.3) is 0 Å². The zero-order chi connectivity index (χ0) is 16.2. The highest BCUT2D eigenvalue weighted by Crippen LogP contribution is 2.64. The van der Waals surface area contributed by atoms with Crippen LogP contribution >= 0.6 is 0 Å². The Hall–Kier alpha value is -1.32. The summed E-state index contributed by atoms with van der Waals surface area (Å²) >= 11 is 0. The van der Waals surface area contributed by atoms with Crippen LogP contribution in [0.1, 0.15) is 65.2 Å². The van der Waals surface area contributed by atoms with Crippen LogP contribution in [0.2, 0.25) is 0 Å². The monoisotopic (exact) mass is 314 g/mol. The minimum atomic E-state index is 0.270. The number of nitrogens with two attached hydrogens (primary N) is 2. The second-order valence-corrected chi connectivity index (χ2v) is 8.69. The van der Waals surface area contributed by atoms with E-state index >= 15 is 0 Å². The van der Waals surface area contributed by atoms with Gasteiger partial charge in [-0.2, -0.15) is 10.2 Å². The lowest BCUT2D eigenvalue weighted by Gasteiger charge is -2.57. The van der Waals surface area contributed by atoms with Crippen LogP contribution in [0.3, 0.4) is 0 Å². The fraction of sp³-hybridized carbons (Fsp3) is 0.789. The summed E-state index contributed by atoms with van der Waals surface area (Å²) < 4.78 is 0. The zero-order valence-electron chi connectivity index (χ0n) is 14.5. The second-order valence-electron chi connectivity index (χ2n) is 8.69. The van der Waals surface area contributed by atoms with Gasteiger partial charge in [0, 0.05) is 11.1 Å². The topological polar surface area (TPSA) is 76.8 Å². The number of hydrogen-bond donors (Lipinski definition) is 2. The summed E-state index contributed by atoms with van der Waals surface area (Å²) in [5.74, 6) is 13.7. The van der Waals surface area contributed by atoms with E-state index in [4.69, 9.17) is 11.7 Å². The van der Waals surface area contributed by atoms with E-state index in [1.807, 2.05) is 0 Å². The van der Waals surface area contributed by atoms with Crippen molar-refractivity contribution in [1.82, 2.24) is 0 Å². The van der Waals surface area contributed by atoms with Gasteiger partial charge in [0.25, 0.3) is 0 Å². The first-order chi connectivity index (χ1) is 11.0. The van der Waals surface area contributed by atoms with Gasteiger partial charge in [-0.05, 0) is 80.6 Å². The van der Waals surface area contributed by atoms with Crippen LogP contribution in [0, 0.1) is 28.6 Å². The van der Waals surface area contributed by atoms with Crippen molar-refractivity contribution >= 4 is 11.4 Å². The molecule has 0 heterocycles. The molecule has 0 aliphatic heterocycles. The quantitative estimate of drug-likeness (QED) is 0.529. The summed E-state index contributed by atoms with van der Waals surface area (Å²) in [6.07, 6.45) is 12.1. The molecule has 3 saturated carbocycles. The van der Waals surface area contributed by atoms with Crippen LogP contribution in [0.15, 0.2) is 21.9 Å². The molecule has 0 spiro atoms. The minimum absolute atomic E-state index is 0.270. The Morgan fingerprint density at radius 3 is 2.43 bits per heavy atom. The Bertz CT molecular complexity index is 604. The fourth-order valence-corrected chi connectivity index (χ4v) is 6.67. The molecule has 4 aliphatic rings. The van der Waals surface area contributed by atoms with Gasteiger partial charge in [-0.3, -0.25) is 0 Å². The lowest BCUT2D eigenvalue weighted by Crippen LogP contribution is -2.50. The number of hydrogen-bond acceptors (Lipinski definition) is 4. The summed E-state index contributed by atoms with van der Waals surface area (Å²) in [5.41, 5.74) is 4.62. The van der Waals surface area contributed by atoms with E-state index in [1.54, 1.807) is 5.57 Å². The van der Waals surface area contributed by atoms with Crippen molar-refractivity contribution in [2.75, 3.05) is 0 Å². The predicted octanol–water partition coefficient (Wildman–Crippen LogP) is 3.58. The maximum absolute atomic E-state index is 5.71. The molecule has 126 valence electrons. The third-order valence-electron chi connectivity index (χ3n) is 8.04. The molecule has 0 bridgehead atoms. The molecule has 3 fully saturated rings. The summed E-state index contributed by atoms with van der Waals surface area (Å²) in [5, 5.41) is 8.15. The molecular weight excluding hydrogens is 284 g/mol. The molecule has 5 atom stereocenters. The van der Waals surface area contributed by atoms with Gasteiger partial charge in [-0.25, -0.2) is 0 Å². The highest BCUT2D eigenvalue weighted by Gasteiger charge is 2.58. The number of allylic oxidation sites excluding steroid dienone is 2. The molecule has 0 radical (unpaired) electrons. The standard InChI is InChI=1S/C19H30N4/c1-18-9-7-13(22-20)11-12(18)3-4-14-15-5-6-17(23-21)19(15,2)10-8-16(14)18/h11,14-16H,3-10,20-21H2,1-2H3/b22-13-,23-17-. The third-order valence-corrected chi connectivity index (χ3v) is 8.04. The summed E-state index contributed by atoms with van der Waals surface area (Å²) in [6.45, 7) is 4.94. The average Bonchev–Trinajstić information content (AvgIpc) is 2.90. The Labute approximate surface area is 139 Å². The normalized spacial score (nSPS) is 49.5. The van der Waals surface area contributed by atoms with Crippen LogP contribution in [0.5, 0.6) is 0 Å². The fourth-order valence-electron chi connectivity index (χ4n) is 6.67. The molecule has 0 aromatic heterocycles. The van der Waals surface area contributed by atoms with Crippen LogP contribution in [0.4, 0.5) is 0 Å².